The maximum absolute atomic E-state index is 12.7. The summed E-state index contributed by atoms with van der Waals surface area (Å²) in [6, 6.07) is 0.914. The van der Waals surface area contributed by atoms with Crippen LogP contribution in [-0.2, 0) is 9.59 Å². The fourth-order valence-electron chi connectivity index (χ4n) is 4.86. The van der Waals surface area contributed by atoms with Crippen LogP contribution in [0, 0.1) is 11.8 Å². The molecule has 0 saturated carbocycles. The Bertz CT molecular complexity index is 515. The van der Waals surface area contributed by atoms with Gasteiger partial charge in [-0.25, -0.2) is 0 Å². The molecule has 0 atom stereocenters. The Balaban J connectivity index is 1.34. The number of amides is 2. The normalized spacial score (nSPS) is 24.6. The van der Waals surface area contributed by atoms with E-state index >= 15 is 0 Å². The molecule has 0 unspecified atom stereocenters. The molecule has 0 aliphatic carbocycles. The van der Waals surface area contributed by atoms with Gasteiger partial charge < -0.3 is 15.1 Å². The number of nitrogens with zero attached hydrogens (tertiary/aromatic N) is 3. The number of likely N-dealkylation sites (tertiary alicyclic amines) is 3. The number of carbonyl (C=O) groups is 2. The third kappa shape index (κ3) is 5.93. The molecule has 2 amide bonds. The van der Waals surface area contributed by atoms with E-state index in [-0.39, 0.29) is 11.8 Å². The molecule has 28 heavy (non-hydrogen) atoms. The summed E-state index contributed by atoms with van der Waals surface area (Å²) in [6.45, 7) is 13.0. The van der Waals surface area contributed by atoms with E-state index in [9.17, 15) is 9.59 Å². The van der Waals surface area contributed by atoms with Crippen LogP contribution >= 0.6 is 0 Å². The van der Waals surface area contributed by atoms with Gasteiger partial charge in [0.25, 0.3) is 0 Å². The Hall–Kier alpha value is -1.14. The summed E-state index contributed by atoms with van der Waals surface area (Å²) in [5, 5.41) is 3.23. The molecule has 0 aromatic rings. The van der Waals surface area contributed by atoms with E-state index in [1.807, 2.05) is 0 Å². The van der Waals surface area contributed by atoms with Gasteiger partial charge in [-0.1, -0.05) is 6.92 Å². The fourth-order valence-corrected chi connectivity index (χ4v) is 4.86. The zero-order valence-electron chi connectivity index (χ0n) is 18.2. The Labute approximate surface area is 171 Å². The lowest BCUT2D eigenvalue weighted by Gasteiger charge is -2.37. The quantitative estimate of drug-likeness (QED) is 0.777. The lowest BCUT2D eigenvalue weighted by Crippen LogP contribution is -2.50. The molecular weight excluding hydrogens is 352 g/mol. The van der Waals surface area contributed by atoms with Crippen molar-refractivity contribution >= 4 is 11.8 Å². The van der Waals surface area contributed by atoms with Gasteiger partial charge >= 0.3 is 0 Å². The molecule has 3 heterocycles. The van der Waals surface area contributed by atoms with Crippen molar-refractivity contribution in [3.05, 3.63) is 0 Å². The summed E-state index contributed by atoms with van der Waals surface area (Å²) in [4.78, 5) is 32.0. The average Bonchev–Trinajstić information content (AvgIpc) is 2.69. The first-order valence-electron chi connectivity index (χ1n) is 11.5. The van der Waals surface area contributed by atoms with Crippen LogP contribution in [-0.4, -0.2) is 84.4 Å². The van der Waals surface area contributed by atoms with Crippen molar-refractivity contribution in [2.75, 3.05) is 45.8 Å². The molecule has 160 valence electrons. The molecule has 0 aromatic heterocycles. The Morgan fingerprint density at radius 1 is 0.893 bits per heavy atom. The van der Waals surface area contributed by atoms with Crippen molar-refractivity contribution in [3.63, 3.8) is 0 Å². The van der Waals surface area contributed by atoms with Crippen molar-refractivity contribution in [2.45, 2.75) is 71.4 Å². The molecule has 6 heteroatoms. The van der Waals surface area contributed by atoms with Crippen LogP contribution in [0.1, 0.15) is 59.3 Å². The molecule has 0 spiro atoms. The minimum atomic E-state index is 0.151. The van der Waals surface area contributed by atoms with Crippen LogP contribution < -0.4 is 5.32 Å². The summed E-state index contributed by atoms with van der Waals surface area (Å²) in [6.07, 6.45) is 6.17. The SMILES string of the molecule is CC1CCN(C(=O)C2CCN(CC(=O)NC3CCN(C(C)C)CC3)CC2)CC1. The minimum Gasteiger partial charge on any atom is -0.352 e. The summed E-state index contributed by atoms with van der Waals surface area (Å²) in [7, 11) is 0. The fraction of sp³-hybridized carbons (Fsp3) is 0.909. The second-order valence-corrected chi connectivity index (χ2v) is 9.53. The highest BCUT2D eigenvalue weighted by atomic mass is 16.2. The van der Waals surface area contributed by atoms with Crippen LogP contribution in [0.2, 0.25) is 0 Å². The highest BCUT2D eigenvalue weighted by molar-refractivity contribution is 5.79. The van der Waals surface area contributed by atoms with Gasteiger partial charge in [0.1, 0.15) is 0 Å². The maximum atomic E-state index is 12.7. The molecule has 3 aliphatic rings. The van der Waals surface area contributed by atoms with Crippen LogP contribution in [0.15, 0.2) is 0 Å². The first-order valence-corrected chi connectivity index (χ1v) is 11.5. The first kappa shape index (κ1) is 21.6. The summed E-state index contributed by atoms with van der Waals surface area (Å²) in [5.41, 5.74) is 0. The van der Waals surface area contributed by atoms with Crippen molar-refractivity contribution in [2.24, 2.45) is 11.8 Å². The predicted octanol–water partition coefficient (Wildman–Crippen LogP) is 1.95. The third-order valence-electron chi connectivity index (χ3n) is 7.02. The minimum absolute atomic E-state index is 0.151. The van der Waals surface area contributed by atoms with Gasteiger partial charge in [-0.2, -0.15) is 0 Å². The van der Waals surface area contributed by atoms with Crippen LogP contribution in [0.4, 0.5) is 0 Å². The zero-order valence-corrected chi connectivity index (χ0v) is 18.2. The second kappa shape index (κ2) is 10.1. The van der Waals surface area contributed by atoms with Crippen molar-refractivity contribution in [3.8, 4) is 0 Å². The Kier molecular flexibility index (Phi) is 7.75. The van der Waals surface area contributed by atoms with E-state index in [0.29, 0.717) is 24.5 Å². The van der Waals surface area contributed by atoms with Crippen LogP contribution in [0.3, 0.4) is 0 Å². The molecule has 3 rings (SSSR count). The molecule has 0 radical (unpaired) electrons. The highest BCUT2D eigenvalue weighted by Gasteiger charge is 2.31. The van der Waals surface area contributed by atoms with E-state index in [1.54, 1.807) is 0 Å². The first-order chi connectivity index (χ1) is 13.4. The van der Waals surface area contributed by atoms with Crippen molar-refractivity contribution in [1.29, 1.82) is 0 Å². The smallest absolute Gasteiger partial charge is 0.234 e. The maximum Gasteiger partial charge on any atom is 0.234 e. The average molecular weight is 393 g/mol. The monoisotopic (exact) mass is 392 g/mol. The second-order valence-electron chi connectivity index (χ2n) is 9.53. The Morgan fingerprint density at radius 2 is 1.50 bits per heavy atom. The standard InChI is InChI=1S/C22H40N4O2/c1-17(2)25-14-8-20(9-15-25)23-21(27)16-24-10-6-19(7-11-24)22(28)26-12-4-18(3)5-13-26/h17-20H,4-16H2,1-3H3,(H,23,27). The summed E-state index contributed by atoms with van der Waals surface area (Å²) >= 11 is 0. The van der Waals surface area contributed by atoms with Gasteiger partial charge in [0.05, 0.1) is 6.54 Å². The number of nitrogens with one attached hydrogen (secondary N) is 1. The molecule has 1 N–H and O–H groups in total. The van der Waals surface area contributed by atoms with Gasteiger partial charge in [0.15, 0.2) is 0 Å². The van der Waals surface area contributed by atoms with E-state index in [2.05, 4.69) is 40.8 Å². The largest absolute Gasteiger partial charge is 0.352 e. The number of piperidine rings is 3. The summed E-state index contributed by atoms with van der Waals surface area (Å²) in [5.74, 6) is 1.42. The van der Waals surface area contributed by atoms with Crippen molar-refractivity contribution < 1.29 is 9.59 Å². The number of hydrogen-bond acceptors (Lipinski definition) is 4. The molecular formula is C22H40N4O2. The van der Waals surface area contributed by atoms with E-state index < -0.39 is 0 Å². The molecule has 6 nitrogen and oxygen atoms in total. The van der Waals surface area contributed by atoms with Gasteiger partial charge in [-0.15, -0.1) is 0 Å². The van der Waals surface area contributed by atoms with Gasteiger partial charge in [0, 0.05) is 44.2 Å². The van der Waals surface area contributed by atoms with Crippen LogP contribution in [0.25, 0.3) is 0 Å². The Morgan fingerprint density at radius 3 is 2.07 bits per heavy atom. The van der Waals surface area contributed by atoms with Crippen molar-refractivity contribution in [1.82, 2.24) is 20.0 Å². The van der Waals surface area contributed by atoms with Gasteiger partial charge in [-0.05, 0) is 71.4 Å². The lowest BCUT2D eigenvalue weighted by molar-refractivity contribution is -0.138. The third-order valence-corrected chi connectivity index (χ3v) is 7.02. The van der Waals surface area contributed by atoms with Gasteiger partial charge in [0.2, 0.25) is 11.8 Å². The van der Waals surface area contributed by atoms with Gasteiger partial charge in [-0.3, -0.25) is 14.5 Å². The highest BCUT2D eigenvalue weighted by Crippen LogP contribution is 2.23. The number of rotatable bonds is 5. The van der Waals surface area contributed by atoms with E-state index in [4.69, 9.17) is 0 Å². The molecule has 0 bridgehead atoms. The number of hydrogen-bond donors (Lipinski definition) is 1. The molecule has 3 saturated heterocycles. The topological polar surface area (TPSA) is 55.9 Å². The molecule has 0 aromatic carbocycles. The number of carbonyl (C=O) groups excluding carboxylic acids is 2. The van der Waals surface area contributed by atoms with Crippen LogP contribution in [0.5, 0.6) is 0 Å². The zero-order chi connectivity index (χ0) is 20.1. The van der Waals surface area contributed by atoms with E-state index in [1.165, 1.54) is 0 Å². The molecule has 3 aliphatic heterocycles. The molecule has 3 fully saturated rings. The summed E-state index contributed by atoms with van der Waals surface area (Å²) < 4.78 is 0. The lowest BCUT2D eigenvalue weighted by atomic mass is 9.92. The predicted molar refractivity (Wildman–Crippen MR) is 112 cm³/mol. The van der Waals surface area contributed by atoms with E-state index in [0.717, 1.165) is 83.7 Å².